The van der Waals surface area contributed by atoms with Crippen LogP contribution in [0.1, 0.15) is 17.3 Å². The van der Waals surface area contributed by atoms with E-state index in [2.05, 4.69) is 0 Å². The number of nitrogens with zero attached hydrogens (tertiary/aromatic N) is 2. The largest absolute Gasteiger partial charge is 0.484 e. The number of hydrogen-bond acceptors (Lipinski definition) is 6. The van der Waals surface area contributed by atoms with Crippen molar-refractivity contribution >= 4 is 21.9 Å². The quantitative estimate of drug-likeness (QED) is 0.599. The van der Waals surface area contributed by atoms with Gasteiger partial charge in [0.1, 0.15) is 16.5 Å². The summed E-state index contributed by atoms with van der Waals surface area (Å²) in [6.45, 7) is 2.26. The van der Waals surface area contributed by atoms with Gasteiger partial charge in [-0.3, -0.25) is 4.79 Å². The van der Waals surface area contributed by atoms with E-state index in [0.29, 0.717) is 11.3 Å². The van der Waals surface area contributed by atoms with E-state index in [-0.39, 0.29) is 50.2 Å². The van der Waals surface area contributed by atoms with Gasteiger partial charge in [-0.2, -0.15) is 4.31 Å². The molecule has 2 aromatic rings. The standard InChI is InChI=1S/C21H23FN2O6S/c1-2-29-21(26)16-7-9-17(10-8-16)30-15-20(25)23-11-13-24(14-12-23)31(27,28)19-6-4-3-5-18(19)22/h3-10H,2,11-15H2,1H3. The molecule has 166 valence electrons. The highest BCUT2D eigenvalue weighted by molar-refractivity contribution is 7.89. The number of benzene rings is 2. The second-order valence-corrected chi connectivity index (χ2v) is 8.66. The maximum Gasteiger partial charge on any atom is 0.338 e. The molecule has 2 aromatic carbocycles. The molecule has 1 fully saturated rings. The number of esters is 1. The van der Waals surface area contributed by atoms with Gasteiger partial charge in [0.15, 0.2) is 6.61 Å². The van der Waals surface area contributed by atoms with Crippen molar-refractivity contribution in [2.45, 2.75) is 11.8 Å². The van der Waals surface area contributed by atoms with Gasteiger partial charge in [0, 0.05) is 26.2 Å². The molecular weight excluding hydrogens is 427 g/mol. The lowest BCUT2D eigenvalue weighted by molar-refractivity contribution is -0.134. The van der Waals surface area contributed by atoms with Crippen LogP contribution in [0.2, 0.25) is 0 Å². The van der Waals surface area contributed by atoms with Crippen LogP contribution in [0.4, 0.5) is 4.39 Å². The first-order valence-electron chi connectivity index (χ1n) is 9.75. The Morgan fingerprint density at radius 3 is 2.26 bits per heavy atom. The molecule has 0 spiro atoms. The molecule has 10 heteroatoms. The highest BCUT2D eigenvalue weighted by Gasteiger charge is 2.31. The Labute approximate surface area is 180 Å². The van der Waals surface area contributed by atoms with Gasteiger partial charge in [0.2, 0.25) is 10.0 Å². The zero-order chi connectivity index (χ0) is 22.4. The average molecular weight is 450 g/mol. The smallest absolute Gasteiger partial charge is 0.338 e. The molecule has 1 amide bonds. The number of carbonyl (C=O) groups excluding carboxylic acids is 2. The van der Waals surface area contributed by atoms with Crippen molar-refractivity contribution in [1.82, 2.24) is 9.21 Å². The van der Waals surface area contributed by atoms with Crippen LogP contribution in [0.3, 0.4) is 0 Å². The van der Waals surface area contributed by atoms with Gasteiger partial charge in [-0.25, -0.2) is 17.6 Å². The number of piperazine rings is 1. The number of hydrogen-bond donors (Lipinski definition) is 0. The highest BCUT2D eigenvalue weighted by Crippen LogP contribution is 2.20. The highest BCUT2D eigenvalue weighted by atomic mass is 32.2. The molecule has 31 heavy (non-hydrogen) atoms. The Morgan fingerprint density at radius 1 is 1.00 bits per heavy atom. The monoisotopic (exact) mass is 450 g/mol. The minimum atomic E-state index is -3.96. The number of rotatable bonds is 7. The molecule has 0 unspecified atom stereocenters. The Bertz CT molecular complexity index is 1030. The number of sulfonamides is 1. The number of ether oxygens (including phenoxy) is 2. The fourth-order valence-electron chi connectivity index (χ4n) is 3.11. The van der Waals surface area contributed by atoms with Crippen LogP contribution in [0.25, 0.3) is 0 Å². The van der Waals surface area contributed by atoms with Crippen molar-refractivity contribution in [3.63, 3.8) is 0 Å². The molecule has 1 heterocycles. The topological polar surface area (TPSA) is 93.2 Å². The molecule has 1 aliphatic heterocycles. The van der Waals surface area contributed by atoms with Crippen LogP contribution >= 0.6 is 0 Å². The van der Waals surface area contributed by atoms with Gasteiger partial charge >= 0.3 is 5.97 Å². The lowest BCUT2D eigenvalue weighted by atomic mass is 10.2. The number of amides is 1. The molecular formula is C21H23FN2O6S. The second-order valence-electron chi connectivity index (χ2n) is 6.75. The van der Waals surface area contributed by atoms with Crippen LogP contribution in [0.15, 0.2) is 53.4 Å². The van der Waals surface area contributed by atoms with Crippen LogP contribution in [-0.2, 0) is 19.6 Å². The number of carbonyl (C=O) groups is 2. The summed E-state index contributed by atoms with van der Waals surface area (Å²) in [6, 6.07) is 11.4. The minimum absolute atomic E-state index is 0.0661. The van der Waals surface area contributed by atoms with Crippen LogP contribution in [-0.4, -0.2) is 68.9 Å². The maximum atomic E-state index is 13.9. The Kier molecular flexibility index (Phi) is 7.24. The summed E-state index contributed by atoms with van der Waals surface area (Å²) in [7, 11) is -3.96. The summed E-state index contributed by atoms with van der Waals surface area (Å²) in [5, 5.41) is 0. The normalized spacial score (nSPS) is 14.8. The predicted octanol–water partition coefficient (Wildman–Crippen LogP) is 1.91. The summed E-state index contributed by atoms with van der Waals surface area (Å²) < 4.78 is 50.7. The van der Waals surface area contributed by atoms with Crippen LogP contribution < -0.4 is 4.74 Å². The van der Waals surface area contributed by atoms with Crippen molar-refractivity contribution in [2.24, 2.45) is 0 Å². The molecule has 0 radical (unpaired) electrons. The van der Waals surface area contributed by atoms with Gasteiger partial charge in [0.05, 0.1) is 12.2 Å². The molecule has 1 saturated heterocycles. The molecule has 0 aromatic heterocycles. The summed E-state index contributed by atoms with van der Waals surface area (Å²) in [6.07, 6.45) is 0. The number of halogens is 1. The van der Waals surface area contributed by atoms with E-state index >= 15 is 0 Å². The Morgan fingerprint density at radius 2 is 1.65 bits per heavy atom. The zero-order valence-electron chi connectivity index (χ0n) is 17.0. The molecule has 1 aliphatic rings. The molecule has 0 atom stereocenters. The van der Waals surface area contributed by atoms with Crippen LogP contribution in [0.5, 0.6) is 5.75 Å². The Hall–Kier alpha value is -2.98. The average Bonchev–Trinajstić information content (AvgIpc) is 2.78. The van der Waals surface area contributed by atoms with Gasteiger partial charge in [-0.1, -0.05) is 12.1 Å². The van der Waals surface area contributed by atoms with E-state index in [1.165, 1.54) is 27.4 Å². The third-order valence-electron chi connectivity index (χ3n) is 4.77. The van der Waals surface area contributed by atoms with Crippen LogP contribution in [0, 0.1) is 5.82 Å². The lowest BCUT2D eigenvalue weighted by Crippen LogP contribution is -2.51. The fourth-order valence-corrected chi connectivity index (χ4v) is 4.60. The lowest BCUT2D eigenvalue weighted by Gasteiger charge is -2.34. The molecule has 3 rings (SSSR count). The minimum Gasteiger partial charge on any atom is -0.484 e. The Balaban J connectivity index is 1.51. The van der Waals surface area contributed by atoms with E-state index in [0.717, 1.165) is 6.07 Å². The summed E-state index contributed by atoms with van der Waals surface area (Å²) in [5.41, 5.74) is 0.382. The first kappa shape index (κ1) is 22.7. The SMILES string of the molecule is CCOC(=O)c1ccc(OCC(=O)N2CCN(S(=O)(=O)c3ccccc3F)CC2)cc1. The van der Waals surface area contributed by atoms with Gasteiger partial charge in [-0.15, -0.1) is 0 Å². The van der Waals surface area contributed by atoms with Crippen molar-refractivity contribution in [2.75, 3.05) is 39.4 Å². The molecule has 0 saturated carbocycles. The fraction of sp³-hybridized carbons (Fsp3) is 0.333. The van der Waals surface area contributed by atoms with Gasteiger partial charge in [0.25, 0.3) is 5.91 Å². The van der Waals surface area contributed by atoms with E-state index < -0.39 is 21.8 Å². The zero-order valence-corrected chi connectivity index (χ0v) is 17.8. The second kappa shape index (κ2) is 9.88. The third kappa shape index (κ3) is 5.39. The van der Waals surface area contributed by atoms with Crippen molar-refractivity contribution in [1.29, 1.82) is 0 Å². The van der Waals surface area contributed by atoms with E-state index in [1.807, 2.05) is 0 Å². The van der Waals surface area contributed by atoms with Gasteiger partial charge in [-0.05, 0) is 43.3 Å². The molecule has 0 aliphatic carbocycles. The predicted molar refractivity (Wildman–Crippen MR) is 110 cm³/mol. The van der Waals surface area contributed by atoms with Crippen molar-refractivity contribution in [3.8, 4) is 5.75 Å². The van der Waals surface area contributed by atoms with E-state index in [4.69, 9.17) is 9.47 Å². The maximum absolute atomic E-state index is 13.9. The molecule has 0 bridgehead atoms. The molecule has 0 N–H and O–H groups in total. The van der Waals surface area contributed by atoms with Crippen molar-refractivity contribution < 1.29 is 31.9 Å². The summed E-state index contributed by atoms with van der Waals surface area (Å²) >= 11 is 0. The van der Waals surface area contributed by atoms with Crippen molar-refractivity contribution in [3.05, 3.63) is 59.9 Å². The molecule has 8 nitrogen and oxygen atoms in total. The van der Waals surface area contributed by atoms with E-state index in [1.54, 1.807) is 31.2 Å². The first-order chi connectivity index (χ1) is 14.8. The van der Waals surface area contributed by atoms with E-state index in [9.17, 15) is 22.4 Å². The first-order valence-corrected chi connectivity index (χ1v) is 11.2. The third-order valence-corrected chi connectivity index (χ3v) is 6.71. The summed E-state index contributed by atoms with van der Waals surface area (Å²) in [5.74, 6) is -1.11. The summed E-state index contributed by atoms with van der Waals surface area (Å²) in [4.78, 5) is 25.2. The van der Waals surface area contributed by atoms with Gasteiger partial charge < -0.3 is 14.4 Å².